The fourth-order valence-electron chi connectivity index (χ4n) is 6.73. The van der Waals surface area contributed by atoms with Crippen LogP contribution in [0.25, 0.3) is 0 Å². The molecule has 1 unspecified atom stereocenters. The van der Waals surface area contributed by atoms with Crippen LogP contribution in [0, 0.1) is 11.2 Å². The van der Waals surface area contributed by atoms with Crippen LogP contribution in [0.1, 0.15) is 49.4 Å². The monoisotopic (exact) mass is 692 g/mol. The number of rotatable bonds is 9. The van der Waals surface area contributed by atoms with Gasteiger partial charge in [0.25, 0.3) is 0 Å². The van der Waals surface area contributed by atoms with E-state index in [0.29, 0.717) is 41.3 Å². The molecule has 2 aliphatic heterocycles. The Hall–Kier alpha value is -3.94. The molecule has 0 aromatic heterocycles. The van der Waals surface area contributed by atoms with Crippen LogP contribution in [-0.4, -0.2) is 53.2 Å². The van der Waals surface area contributed by atoms with E-state index in [0.717, 1.165) is 5.56 Å². The van der Waals surface area contributed by atoms with Crippen molar-refractivity contribution < 1.29 is 41.1 Å². The summed E-state index contributed by atoms with van der Waals surface area (Å²) in [6.07, 6.45) is -9.01. The fourth-order valence-corrected chi connectivity index (χ4v) is 6.73. The first-order valence-electron chi connectivity index (χ1n) is 16.4. The van der Waals surface area contributed by atoms with Crippen LogP contribution < -0.4 is 25.6 Å². The van der Waals surface area contributed by atoms with E-state index in [9.17, 15) is 13.2 Å². The van der Waals surface area contributed by atoms with Gasteiger partial charge < -0.3 is 23.5 Å². The molecule has 0 saturated carbocycles. The molecule has 0 bridgehead atoms. The Bertz CT molecular complexity index is 1700. The molecule has 4 aromatic rings. The second-order valence-corrected chi connectivity index (χ2v) is 13.8. The molecule has 12 heteroatoms. The first kappa shape index (κ1) is 35.9. The maximum atomic E-state index is 15.8. The first-order chi connectivity index (χ1) is 23.8. The number of benzene rings is 4. The number of ether oxygens (including phenoxy) is 3. The van der Waals surface area contributed by atoms with Gasteiger partial charge >= 0.3 is 13.3 Å². The SMILES string of the molecule is COc1ccc(C(NC2N[C@](C)(c3cc(B4OCC(C)(C)CO4)ccc3F)C[C@@H](C(F)(F)F)O2)(c2ccccc2)c2ccc(OC)cc2)cc1. The molecular weight excluding hydrogens is 651 g/mol. The quantitative estimate of drug-likeness (QED) is 0.116. The predicted molar refractivity (Wildman–Crippen MR) is 183 cm³/mol. The third kappa shape index (κ3) is 7.26. The van der Waals surface area contributed by atoms with E-state index in [1.807, 2.05) is 68.4 Å². The van der Waals surface area contributed by atoms with E-state index in [-0.39, 0.29) is 11.0 Å². The average Bonchev–Trinajstić information content (AvgIpc) is 3.11. The summed E-state index contributed by atoms with van der Waals surface area (Å²) in [5.41, 5.74) is -0.373. The average molecular weight is 693 g/mol. The van der Waals surface area contributed by atoms with Crippen molar-refractivity contribution in [3.63, 3.8) is 0 Å². The van der Waals surface area contributed by atoms with E-state index in [4.69, 9.17) is 23.5 Å². The predicted octanol–water partition coefficient (Wildman–Crippen LogP) is 6.63. The third-order valence-corrected chi connectivity index (χ3v) is 9.42. The normalized spacial score (nSPS) is 22.6. The van der Waals surface area contributed by atoms with Gasteiger partial charge in [0.2, 0.25) is 0 Å². The molecule has 0 aliphatic carbocycles. The molecule has 2 heterocycles. The van der Waals surface area contributed by atoms with Crippen molar-refractivity contribution in [2.75, 3.05) is 27.4 Å². The van der Waals surface area contributed by atoms with Crippen molar-refractivity contribution in [3.05, 3.63) is 125 Å². The minimum absolute atomic E-state index is 0.0376. The van der Waals surface area contributed by atoms with Gasteiger partial charge in [-0.3, -0.25) is 10.6 Å². The summed E-state index contributed by atoms with van der Waals surface area (Å²) in [4.78, 5) is 0. The Morgan fingerprint density at radius 2 is 1.32 bits per heavy atom. The van der Waals surface area contributed by atoms with Crippen molar-refractivity contribution in [2.45, 2.75) is 56.9 Å². The molecule has 4 aromatic carbocycles. The van der Waals surface area contributed by atoms with Crippen molar-refractivity contribution in [1.29, 1.82) is 0 Å². The maximum Gasteiger partial charge on any atom is 0.493 e. The molecule has 2 saturated heterocycles. The standard InChI is InChI=1S/C38H41BF4N2O5/c1-35(2)23-48-39(49-24-35)28-15-20-32(40)31(21-28)36(3)22-33(38(41,42)43)50-34(44-36)45-37(25-9-7-6-8-10-25,26-11-16-29(46-4)17-12-26)27-13-18-30(47-5)19-14-27/h6-21,33-34,44-45H,22-24H2,1-5H3/t33-,34?,36-/m0/s1. The van der Waals surface area contributed by atoms with Crippen LogP contribution in [-0.2, 0) is 25.1 Å². The van der Waals surface area contributed by atoms with Crippen LogP contribution in [0.2, 0.25) is 0 Å². The summed E-state index contributed by atoms with van der Waals surface area (Å²) in [5.74, 6) is 0.542. The number of nitrogens with one attached hydrogen (secondary N) is 2. The number of methoxy groups -OCH3 is 2. The molecule has 2 fully saturated rings. The second-order valence-electron chi connectivity index (χ2n) is 13.8. The highest BCUT2D eigenvalue weighted by molar-refractivity contribution is 6.61. The second kappa shape index (κ2) is 14.0. The number of hydrogen-bond acceptors (Lipinski definition) is 7. The summed E-state index contributed by atoms with van der Waals surface area (Å²) < 4.78 is 88.6. The molecular formula is C38H41BF4N2O5. The van der Waals surface area contributed by atoms with Crippen molar-refractivity contribution in [3.8, 4) is 11.5 Å². The van der Waals surface area contributed by atoms with Crippen LogP contribution in [0.5, 0.6) is 11.5 Å². The van der Waals surface area contributed by atoms with E-state index in [2.05, 4.69) is 10.6 Å². The van der Waals surface area contributed by atoms with Crippen LogP contribution in [0.4, 0.5) is 17.6 Å². The Kier molecular flexibility index (Phi) is 10.0. The topological polar surface area (TPSA) is 70.2 Å². The molecule has 7 nitrogen and oxygen atoms in total. The fraction of sp³-hybridized carbons (Fsp3) is 0.368. The molecule has 0 spiro atoms. The van der Waals surface area contributed by atoms with Gasteiger partial charge in [-0.2, -0.15) is 13.2 Å². The van der Waals surface area contributed by atoms with Crippen LogP contribution in [0.3, 0.4) is 0 Å². The molecule has 6 rings (SSSR count). The zero-order valence-corrected chi connectivity index (χ0v) is 28.6. The lowest BCUT2D eigenvalue weighted by molar-refractivity contribution is -0.267. The summed E-state index contributed by atoms with van der Waals surface area (Å²) >= 11 is 0. The molecule has 0 radical (unpaired) electrons. The lowest BCUT2D eigenvalue weighted by atomic mass is 9.73. The van der Waals surface area contributed by atoms with Gasteiger partial charge in [0.1, 0.15) is 17.3 Å². The van der Waals surface area contributed by atoms with Crippen molar-refractivity contribution >= 4 is 12.6 Å². The highest BCUT2D eigenvalue weighted by atomic mass is 19.4. The Labute approximate surface area is 290 Å². The third-order valence-electron chi connectivity index (χ3n) is 9.42. The maximum absolute atomic E-state index is 15.8. The Morgan fingerprint density at radius 1 is 0.780 bits per heavy atom. The molecule has 0 amide bonds. The van der Waals surface area contributed by atoms with E-state index in [1.165, 1.54) is 18.2 Å². The zero-order chi connectivity index (χ0) is 35.7. The smallest absolute Gasteiger partial charge is 0.493 e. The summed E-state index contributed by atoms with van der Waals surface area (Å²) in [6, 6.07) is 28.2. The summed E-state index contributed by atoms with van der Waals surface area (Å²) in [6.45, 7) is 6.39. The van der Waals surface area contributed by atoms with Gasteiger partial charge in [-0.25, -0.2) is 4.39 Å². The zero-order valence-electron chi connectivity index (χ0n) is 28.6. The van der Waals surface area contributed by atoms with E-state index < -0.39 is 49.1 Å². The minimum atomic E-state index is -4.76. The van der Waals surface area contributed by atoms with E-state index in [1.54, 1.807) is 45.4 Å². The van der Waals surface area contributed by atoms with Gasteiger partial charge in [0.15, 0.2) is 12.5 Å². The largest absolute Gasteiger partial charge is 0.497 e. The number of hydrogen-bond donors (Lipinski definition) is 2. The van der Waals surface area contributed by atoms with Gasteiger partial charge in [0.05, 0.1) is 19.8 Å². The van der Waals surface area contributed by atoms with Gasteiger partial charge in [-0.05, 0) is 59.4 Å². The lowest BCUT2D eigenvalue weighted by Crippen LogP contribution is -2.66. The molecule has 50 heavy (non-hydrogen) atoms. The summed E-state index contributed by atoms with van der Waals surface area (Å²) in [5, 5.41) is 6.68. The minimum Gasteiger partial charge on any atom is -0.497 e. The van der Waals surface area contributed by atoms with Crippen molar-refractivity contribution in [2.24, 2.45) is 5.41 Å². The highest BCUT2D eigenvalue weighted by Crippen LogP contribution is 2.43. The molecule has 264 valence electrons. The molecule has 2 N–H and O–H groups in total. The van der Waals surface area contributed by atoms with Gasteiger partial charge in [0, 0.05) is 36.2 Å². The van der Waals surface area contributed by atoms with Gasteiger partial charge in [-0.1, -0.05) is 80.6 Å². The highest BCUT2D eigenvalue weighted by Gasteiger charge is 2.53. The lowest BCUT2D eigenvalue weighted by Gasteiger charge is -2.48. The Balaban J connectivity index is 1.46. The van der Waals surface area contributed by atoms with Crippen LogP contribution in [0.15, 0.2) is 97.1 Å². The first-order valence-corrected chi connectivity index (χ1v) is 16.4. The molecule has 2 aliphatic rings. The van der Waals surface area contributed by atoms with Gasteiger partial charge in [-0.15, -0.1) is 0 Å². The number of alkyl halides is 3. The molecule has 3 atom stereocenters. The van der Waals surface area contributed by atoms with E-state index >= 15 is 4.39 Å². The van der Waals surface area contributed by atoms with Crippen molar-refractivity contribution in [1.82, 2.24) is 10.6 Å². The van der Waals surface area contributed by atoms with Crippen LogP contribution >= 0.6 is 0 Å². The summed E-state index contributed by atoms with van der Waals surface area (Å²) in [7, 11) is 2.33. The Morgan fingerprint density at radius 3 is 1.84 bits per heavy atom. The number of halogens is 4.